The van der Waals surface area contributed by atoms with E-state index in [1.807, 2.05) is 12.3 Å². The van der Waals surface area contributed by atoms with Gasteiger partial charge in [0, 0.05) is 11.4 Å². The van der Waals surface area contributed by atoms with Crippen molar-refractivity contribution in [3.05, 3.63) is 85.3 Å². The highest BCUT2D eigenvalue weighted by Gasteiger charge is 2.29. The van der Waals surface area contributed by atoms with E-state index in [2.05, 4.69) is 86.5 Å². The van der Waals surface area contributed by atoms with E-state index in [1.54, 1.807) is 6.33 Å². The minimum Gasteiger partial charge on any atom is -0.318 e. The van der Waals surface area contributed by atoms with Gasteiger partial charge >= 0.3 is 0 Å². The first kappa shape index (κ1) is 14.0. The Kier molecular flexibility index (Phi) is 3.13. The van der Waals surface area contributed by atoms with Crippen molar-refractivity contribution in [2.45, 2.75) is 0 Å². The quantitative estimate of drug-likeness (QED) is 0.526. The van der Waals surface area contributed by atoms with E-state index in [4.69, 9.17) is 0 Å². The molecular formula is C21H16N4. The van der Waals surface area contributed by atoms with E-state index >= 15 is 0 Å². The molecule has 0 amide bonds. The van der Waals surface area contributed by atoms with Crippen LogP contribution in [0.5, 0.6) is 0 Å². The van der Waals surface area contributed by atoms with Crippen LogP contribution in [0.15, 0.2) is 85.3 Å². The van der Waals surface area contributed by atoms with Crippen molar-refractivity contribution in [3.8, 4) is 0 Å². The van der Waals surface area contributed by atoms with Crippen molar-refractivity contribution < 1.29 is 0 Å². The van der Waals surface area contributed by atoms with Crippen LogP contribution in [0.4, 0.5) is 22.9 Å². The fourth-order valence-corrected chi connectivity index (χ4v) is 3.38. The number of rotatable bonds is 2. The number of hydrogen-bond donors (Lipinski definition) is 0. The summed E-state index contributed by atoms with van der Waals surface area (Å²) in [7, 11) is 0. The second-order valence-corrected chi connectivity index (χ2v) is 6.10. The van der Waals surface area contributed by atoms with Gasteiger partial charge in [0.05, 0.1) is 6.20 Å². The number of fused-ring (bicyclic) bond motifs is 2. The molecule has 0 radical (unpaired) electrons. The van der Waals surface area contributed by atoms with Crippen LogP contribution in [-0.2, 0) is 0 Å². The fourth-order valence-electron chi connectivity index (χ4n) is 3.38. The Balaban J connectivity index is 1.62. The van der Waals surface area contributed by atoms with Crippen LogP contribution in [0.3, 0.4) is 0 Å². The normalized spacial score (nSPS) is 13.3. The summed E-state index contributed by atoms with van der Waals surface area (Å²) in [6.07, 6.45) is 3.50. The summed E-state index contributed by atoms with van der Waals surface area (Å²) in [5, 5.41) is 2.48. The van der Waals surface area contributed by atoms with Gasteiger partial charge < -0.3 is 9.80 Å². The predicted octanol–water partition coefficient (Wildman–Crippen LogP) is 4.88. The second-order valence-electron chi connectivity index (χ2n) is 6.10. The number of anilines is 4. The molecule has 2 heterocycles. The van der Waals surface area contributed by atoms with Crippen LogP contribution in [-0.4, -0.2) is 16.6 Å². The van der Waals surface area contributed by atoms with Gasteiger partial charge in [0.2, 0.25) is 0 Å². The first-order valence-electron chi connectivity index (χ1n) is 8.29. The lowest BCUT2D eigenvalue weighted by atomic mass is 10.1. The van der Waals surface area contributed by atoms with Gasteiger partial charge in [0.25, 0.3) is 0 Å². The zero-order valence-corrected chi connectivity index (χ0v) is 13.6. The summed E-state index contributed by atoms with van der Waals surface area (Å²) in [5.74, 6) is 0.939. The third-order valence-corrected chi connectivity index (χ3v) is 4.61. The number of nitrogens with zero attached hydrogens (tertiary/aromatic N) is 4. The highest BCUT2D eigenvalue weighted by Crippen LogP contribution is 2.42. The standard InChI is InChI=1S/C21H16N4/c1-2-8-18(9-3-1)25-15-24(20-13-22-14-23-21(20)25)19-11-10-16-6-4-5-7-17(16)12-19/h1-14H,15H2. The van der Waals surface area contributed by atoms with Gasteiger partial charge in [-0.25, -0.2) is 9.97 Å². The van der Waals surface area contributed by atoms with Crippen LogP contribution in [0.1, 0.15) is 0 Å². The average molecular weight is 324 g/mol. The maximum atomic E-state index is 4.53. The van der Waals surface area contributed by atoms with E-state index in [1.165, 1.54) is 10.8 Å². The monoisotopic (exact) mass is 324 g/mol. The summed E-state index contributed by atoms with van der Waals surface area (Å²) in [6, 6.07) is 25.3. The van der Waals surface area contributed by atoms with Crippen LogP contribution in [0.2, 0.25) is 0 Å². The van der Waals surface area contributed by atoms with Gasteiger partial charge in [-0.15, -0.1) is 0 Å². The summed E-state index contributed by atoms with van der Waals surface area (Å²) < 4.78 is 0. The maximum absolute atomic E-state index is 4.53. The zero-order valence-electron chi connectivity index (χ0n) is 13.6. The number of aromatic nitrogens is 2. The Morgan fingerprint density at radius 3 is 2.40 bits per heavy atom. The molecule has 0 spiro atoms. The molecule has 4 nitrogen and oxygen atoms in total. The third-order valence-electron chi connectivity index (χ3n) is 4.61. The van der Waals surface area contributed by atoms with E-state index in [-0.39, 0.29) is 0 Å². The van der Waals surface area contributed by atoms with Crippen LogP contribution < -0.4 is 9.80 Å². The SMILES string of the molecule is c1ccc(N2CN(c3ccc4ccccc4c3)c3cncnc32)cc1. The number of para-hydroxylation sites is 1. The van der Waals surface area contributed by atoms with Gasteiger partial charge in [0.1, 0.15) is 18.7 Å². The molecule has 0 saturated carbocycles. The van der Waals surface area contributed by atoms with E-state index in [0.717, 1.165) is 29.5 Å². The summed E-state index contributed by atoms with van der Waals surface area (Å²) in [5.41, 5.74) is 3.31. The minimum absolute atomic E-state index is 0.719. The zero-order chi connectivity index (χ0) is 16.6. The summed E-state index contributed by atoms with van der Waals surface area (Å²) in [4.78, 5) is 13.2. The molecule has 3 aromatic carbocycles. The molecule has 4 aromatic rings. The van der Waals surface area contributed by atoms with Gasteiger partial charge in [-0.05, 0) is 35.0 Å². The van der Waals surface area contributed by atoms with Crippen LogP contribution in [0, 0.1) is 0 Å². The number of benzene rings is 3. The Labute approximate surface area is 146 Å². The average Bonchev–Trinajstić information content (AvgIpc) is 3.08. The molecule has 0 aliphatic carbocycles. The summed E-state index contributed by atoms with van der Waals surface area (Å²) >= 11 is 0. The van der Waals surface area contributed by atoms with Crippen molar-refractivity contribution in [1.82, 2.24) is 9.97 Å². The van der Waals surface area contributed by atoms with Crippen molar-refractivity contribution in [3.63, 3.8) is 0 Å². The predicted molar refractivity (Wildman–Crippen MR) is 102 cm³/mol. The molecule has 5 rings (SSSR count). The molecule has 120 valence electrons. The van der Waals surface area contributed by atoms with Gasteiger partial charge in [0.15, 0.2) is 5.82 Å². The van der Waals surface area contributed by atoms with Gasteiger partial charge in [-0.2, -0.15) is 0 Å². The highest BCUT2D eigenvalue weighted by molar-refractivity contribution is 5.90. The molecular weight excluding hydrogens is 308 g/mol. The van der Waals surface area contributed by atoms with Gasteiger partial charge in [-0.1, -0.05) is 48.5 Å². The Hall–Kier alpha value is -3.40. The second kappa shape index (κ2) is 5.60. The molecule has 1 aliphatic rings. The number of hydrogen-bond acceptors (Lipinski definition) is 4. The molecule has 1 aromatic heterocycles. The Morgan fingerprint density at radius 1 is 0.720 bits per heavy atom. The smallest absolute Gasteiger partial charge is 0.162 e. The van der Waals surface area contributed by atoms with Crippen LogP contribution in [0.25, 0.3) is 10.8 Å². The lowest BCUT2D eigenvalue weighted by molar-refractivity contribution is 0.982. The first-order valence-corrected chi connectivity index (χ1v) is 8.29. The Morgan fingerprint density at radius 2 is 1.52 bits per heavy atom. The minimum atomic E-state index is 0.719. The van der Waals surface area contributed by atoms with Crippen molar-refractivity contribution in [2.24, 2.45) is 0 Å². The fraction of sp³-hybridized carbons (Fsp3) is 0.0476. The molecule has 0 unspecified atom stereocenters. The van der Waals surface area contributed by atoms with E-state index in [0.29, 0.717) is 0 Å². The van der Waals surface area contributed by atoms with Crippen molar-refractivity contribution in [2.75, 3.05) is 16.5 Å². The molecule has 0 atom stereocenters. The van der Waals surface area contributed by atoms with E-state index < -0.39 is 0 Å². The largest absolute Gasteiger partial charge is 0.318 e. The summed E-state index contributed by atoms with van der Waals surface area (Å²) in [6.45, 7) is 0.719. The first-order chi connectivity index (χ1) is 12.4. The van der Waals surface area contributed by atoms with Crippen LogP contribution >= 0.6 is 0 Å². The lowest BCUT2D eigenvalue weighted by Crippen LogP contribution is -2.24. The molecule has 0 saturated heterocycles. The molecule has 25 heavy (non-hydrogen) atoms. The molecule has 0 bridgehead atoms. The van der Waals surface area contributed by atoms with E-state index in [9.17, 15) is 0 Å². The van der Waals surface area contributed by atoms with Crippen molar-refractivity contribution in [1.29, 1.82) is 0 Å². The molecule has 1 aliphatic heterocycles. The third kappa shape index (κ3) is 2.31. The molecule has 0 N–H and O–H groups in total. The molecule has 4 heteroatoms. The van der Waals surface area contributed by atoms with Crippen molar-refractivity contribution >= 4 is 33.7 Å². The van der Waals surface area contributed by atoms with Gasteiger partial charge in [-0.3, -0.25) is 0 Å². The lowest BCUT2D eigenvalue weighted by Gasteiger charge is -2.21. The highest BCUT2D eigenvalue weighted by atomic mass is 15.4. The Bertz CT molecular complexity index is 1050. The topological polar surface area (TPSA) is 32.3 Å². The maximum Gasteiger partial charge on any atom is 0.162 e. The molecule has 0 fully saturated rings.